The number of carbonyl (C=O) groups is 1. The van der Waals surface area contributed by atoms with E-state index in [-0.39, 0.29) is 16.7 Å². The zero-order chi connectivity index (χ0) is 15.9. The van der Waals surface area contributed by atoms with Crippen LogP contribution in [-0.2, 0) is 11.3 Å². The van der Waals surface area contributed by atoms with Crippen LogP contribution in [0.4, 0.5) is 0 Å². The number of hydrogen-bond donors (Lipinski definition) is 2. The number of nitrogens with zero attached hydrogens (tertiary/aromatic N) is 4. The van der Waals surface area contributed by atoms with Gasteiger partial charge in [-0.1, -0.05) is 17.8 Å². The number of tetrazole rings is 1. The standard InChI is InChI=1S/C13H24N6OS/c1-6-7-14-11(20)10(2)21-12-16-17-18-19(12)9-8-15-13(3,4)5/h6,10,15H,1,7-9H2,2-5H3,(H,14,20). The minimum atomic E-state index is -0.259. The molecule has 21 heavy (non-hydrogen) atoms. The van der Waals surface area contributed by atoms with Crippen molar-refractivity contribution in [2.24, 2.45) is 0 Å². The summed E-state index contributed by atoms with van der Waals surface area (Å²) in [7, 11) is 0. The van der Waals surface area contributed by atoms with Crippen LogP contribution in [0.15, 0.2) is 17.8 Å². The van der Waals surface area contributed by atoms with Crippen molar-refractivity contribution in [3.05, 3.63) is 12.7 Å². The summed E-state index contributed by atoms with van der Waals surface area (Å²) >= 11 is 1.35. The summed E-state index contributed by atoms with van der Waals surface area (Å²) < 4.78 is 1.71. The van der Waals surface area contributed by atoms with E-state index in [9.17, 15) is 4.79 Å². The van der Waals surface area contributed by atoms with Gasteiger partial charge in [-0.05, 0) is 38.1 Å². The van der Waals surface area contributed by atoms with Gasteiger partial charge in [0.25, 0.3) is 0 Å². The molecular formula is C13H24N6OS. The Bertz CT molecular complexity index is 467. The molecule has 0 radical (unpaired) electrons. The zero-order valence-corrected chi connectivity index (χ0v) is 13.9. The van der Waals surface area contributed by atoms with E-state index in [0.717, 1.165) is 6.54 Å². The van der Waals surface area contributed by atoms with Gasteiger partial charge < -0.3 is 10.6 Å². The zero-order valence-electron chi connectivity index (χ0n) is 13.1. The molecule has 0 saturated heterocycles. The lowest BCUT2D eigenvalue weighted by molar-refractivity contribution is -0.120. The molecule has 118 valence electrons. The van der Waals surface area contributed by atoms with Crippen molar-refractivity contribution >= 4 is 17.7 Å². The van der Waals surface area contributed by atoms with E-state index in [0.29, 0.717) is 18.2 Å². The second kappa shape index (κ2) is 8.14. The second-order valence-corrected chi connectivity index (χ2v) is 6.96. The highest BCUT2D eigenvalue weighted by atomic mass is 32.2. The average Bonchev–Trinajstić information content (AvgIpc) is 2.82. The predicted octanol–water partition coefficient (Wildman–Crippen LogP) is 0.844. The molecule has 0 aromatic carbocycles. The Morgan fingerprint density at radius 3 is 2.86 bits per heavy atom. The Morgan fingerprint density at radius 2 is 2.24 bits per heavy atom. The number of rotatable bonds is 8. The summed E-state index contributed by atoms with van der Waals surface area (Å²) in [5.74, 6) is -0.0535. The molecule has 1 amide bonds. The minimum Gasteiger partial charge on any atom is -0.352 e. The number of carbonyl (C=O) groups excluding carboxylic acids is 1. The van der Waals surface area contributed by atoms with Crippen molar-refractivity contribution in [3.63, 3.8) is 0 Å². The molecule has 0 spiro atoms. The lowest BCUT2D eigenvalue weighted by atomic mass is 10.1. The fraction of sp³-hybridized carbons (Fsp3) is 0.692. The van der Waals surface area contributed by atoms with Crippen LogP contribution in [0, 0.1) is 0 Å². The van der Waals surface area contributed by atoms with Crippen LogP contribution in [0.5, 0.6) is 0 Å². The molecule has 2 N–H and O–H groups in total. The third-order valence-corrected chi connectivity index (χ3v) is 3.62. The van der Waals surface area contributed by atoms with Gasteiger partial charge >= 0.3 is 0 Å². The summed E-state index contributed by atoms with van der Waals surface area (Å²) in [6, 6.07) is 0. The molecule has 1 rings (SSSR count). The highest BCUT2D eigenvalue weighted by Crippen LogP contribution is 2.19. The van der Waals surface area contributed by atoms with E-state index in [1.807, 2.05) is 6.92 Å². The van der Waals surface area contributed by atoms with E-state index < -0.39 is 0 Å². The molecule has 0 aliphatic heterocycles. The first kappa shape index (κ1) is 17.6. The van der Waals surface area contributed by atoms with Gasteiger partial charge in [-0.15, -0.1) is 11.7 Å². The summed E-state index contributed by atoms with van der Waals surface area (Å²) in [4.78, 5) is 11.8. The molecule has 8 heteroatoms. The molecule has 1 atom stereocenters. The second-order valence-electron chi connectivity index (χ2n) is 5.66. The first-order valence-corrected chi connectivity index (χ1v) is 7.78. The van der Waals surface area contributed by atoms with Crippen molar-refractivity contribution in [1.29, 1.82) is 0 Å². The van der Waals surface area contributed by atoms with E-state index in [2.05, 4.69) is 53.5 Å². The van der Waals surface area contributed by atoms with Gasteiger partial charge in [-0.25, -0.2) is 4.68 Å². The van der Waals surface area contributed by atoms with Crippen molar-refractivity contribution in [2.45, 2.75) is 50.2 Å². The van der Waals surface area contributed by atoms with Crippen LogP contribution < -0.4 is 10.6 Å². The molecule has 1 heterocycles. The van der Waals surface area contributed by atoms with Gasteiger partial charge in [-0.2, -0.15) is 0 Å². The van der Waals surface area contributed by atoms with Crippen LogP contribution in [0.25, 0.3) is 0 Å². The van der Waals surface area contributed by atoms with Crippen LogP contribution in [0.2, 0.25) is 0 Å². The third-order valence-electron chi connectivity index (χ3n) is 2.55. The Hall–Kier alpha value is -1.41. The lowest BCUT2D eigenvalue weighted by Crippen LogP contribution is -2.38. The highest BCUT2D eigenvalue weighted by molar-refractivity contribution is 8.00. The largest absolute Gasteiger partial charge is 0.352 e. The number of aromatic nitrogens is 4. The smallest absolute Gasteiger partial charge is 0.233 e. The maximum Gasteiger partial charge on any atom is 0.233 e. The molecule has 0 fully saturated rings. The molecular weight excluding hydrogens is 288 g/mol. The van der Waals surface area contributed by atoms with Crippen LogP contribution in [-0.4, -0.2) is 50.0 Å². The number of nitrogens with one attached hydrogen (secondary N) is 2. The molecule has 0 bridgehead atoms. The van der Waals surface area contributed by atoms with Gasteiger partial charge in [0, 0.05) is 18.6 Å². The monoisotopic (exact) mass is 312 g/mol. The third kappa shape index (κ3) is 6.72. The van der Waals surface area contributed by atoms with Crippen molar-refractivity contribution in [3.8, 4) is 0 Å². The van der Waals surface area contributed by atoms with Crippen molar-refractivity contribution in [2.75, 3.05) is 13.1 Å². The normalized spacial score (nSPS) is 13.0. The Balaban J connectivity index is 2.51. The van der Waals surface area contributed by atoms with Crippen LogP contribution in [0.1, 0.15) is 27.7 Å². The number of amides is 1. The van der Waals surface area contributed by atoms with Crippen LogP contribution >= 0.6 is 11.8 Å². The maximum atomic E-state index is 11.8. The summed E-state index contributed by atoms with van der Waals surface area (Å²) in [5, 5.41) is 18.1. The Morgan fingerprint density at radius 1 is 1.52 bits per heavy atom. The van der Waals surface area contributed by atoms with Crippen molar-refractivity contribution < 1.29 is 4.79 Å². The van der Waals surface area contributed by atoms with E-state index in [1.54, 1.807) is 10.8 Å². The first-order valence-electron chi connectivity index (χ1n) is 6.90. The maximum absolute atomic E-state index is 11.8. The molecule has 1 aromatic heterocycles. The Kier molecular flexibility index (Phi) is 6.83. The average molecular weight is 312 g/mol. The minimum absolute atomic E-state index is 0.0535. The van der Waals surface area contributed by atoms with Gasteiger partial charge in [0.1, 0.15) is 0 Å². The van der Waals surface area contributed by atoms with E-state index >= 15 is 0 Å². The van der Waals surface area contributed by atoms with Crippen molar-refractivity contribution in [1.82, 2.24) is 30.8 Å². The predicted molar refractivity (Wildman–Crippen MR) is 84.1 cm³/mol. The molecule has 0 aliphatic rings. The van der Waals surface area contributed by atoms with E-state index in [1.165, 1.54) is 11.8 Å². The molecule has 0 saturated carbocycles. The summed E-state index contributed by atoms with van der Waals surface area (Å²) in [6.45, 7) is 13.6. The van der Waals surface area contributed by atoms with E-state index in [4.69, 9.17) is 0 Å². The lowest BCUT2D eigenvalue weighted by Gasteiger charge is -2.20. The highest BCUT2D eigenvalue weighted by Gasteiger charge is 2.18. The molecule has 0 aliphatic carbocycles. The fourth-order valence-corrected chi connectivity index (χ4v) is 2.33. The Labute approximate surface area is 129 Å². The van der Waals surface area contributed by atoms with Gasteiger partial charge in [0.2, 0.25) is 11.1 Å². The fourth-order valence-electron chi connectivity index (χ4n) is 1.49. The van der Waals surface area contributed by atoms with Crippen LogP contribution in [0.3, 0.4) is 0 Å². The number of hydrogen-bond acceptors (Lipinski definition) is 6. The van der Waals surface area contributed by atoms with Gasteiger partial charge in [-0.3, -0.25) is 4.79 Å². The quantitative estimate of drug-likeness (QED) is 0.547. The number of thioether (sulfide) groups is 1. The topological polar surface area (TPSA) is 84.7 Å². The van der Waals surface area contributed by atoms with Gasteiger partial charge in [0.15, 0.2) is 0 Å². The molecule has 7 nitrogen and oxygen atoms in total. The van der Waals surface area contributed by atoms with Gasteiger partial charge in [0.05, 0.1) is 11.8 Å². The SMILES string of the molecule is C=CCNC(=O)C(C)Sc1nnnn1CCNC(C)(C)C. The molecule has 1 aromatic rings. The summed E-state index contributed by atoms with van der Waals surface area (Å²) in [6.07, 6.45) is 1.65. The first-order chi connectivity index (χ1) is 9.83. The molecule has 1 unspecified atom stereocenters. The summed E-state index contributed by atoms with van der Waals surface area (Å²) in [5.41, 5.74) is 0.0547.